The quantitative estimate of drug-likeness (QED) is 0.755. The molecule has 0 aromatic heterocycles. The molecule has 0 aromatic rings. The standard InChI is InChI=1S/C9H16F2N2O2S/c1-16(14,15)13-5-7-4-12-6-8(2-3-8)9(7,10)11/h7,12-13H,2-6H2,1H3. The Morgan fingerprint density at radius 2 is 2.06 bits per heavy atom. The molecule has 1 atom stereocenters. The number of sulfonamides is 1. The van der Waals surface area contributed by atoms with Crippen LogP contribution in [0.15, 0.2) is 0 Å². The zero-order valence-corrected chi connectivity index (χ0v) is 9.91. The molecule has 4 nitrogen and oxygen atoms in total. The summed E-state index contributed by atoms with van der Waals surface area (Å²) < 4.78 is 52.0. The average Bonchev–Trinajstić information content (AvgIpc) is 2.88. The Labute approximate surface area is 93.8 Å². The Balaban J connectivity index is 2.04. The molecule has 1 aliphatic carbocycles. The van der Waals surface area contributed by atoms with Crippen molar-refractivity contribution in [3.8, 4) is 0 Å². The van der Waals surface area contributed by atoms with Crippen molar-refractivity contribution in [2.24, 2.45) is 11.3 Å². The zero-order chi connectivity index (χ0) is 12.0. The predicted octanol–water partition coefficient (Wildman–Crippen LogP) is 0.170. The monoisotopic (exact) mass is 254 g/mol. The van der Waals surface area contributed by atoms with Gasteiger partial charge in [-0.3, -0.25) is 0 Å². The minimum Gasteiger partial charge on any atom is -0.315 e. The molecule has 2 fully saturated rings. The number of hydrogen-bond donors (Lipinski definition) is 2. The molecule has 0 aromatic carbocycles. The minimum absolute atomic E-state index is 0.164. The van der Waals surface area contributed by atoms with E-state index in [1.807, 2.05) is 0 Å². The minimum atomic E-state index is -3.40. The van der Waals surface area contributed by atoms with Crippen LogP contribution in [0.2, 0.25) is 0 Å². The van der Waals surface area contributed by atoms with Crippen LogP contribution in [0.25, 0.3) is 0 Å². The zero-order valence-electron chi connectivity index (χ0n) is 9.09. The van der Waals surface area contributed by atoms with Gasteiger partial charge in [0.05, 0.1) is 6.26 Å². The molecule has 0 amide bonds. The maximum Gasteiger partial charge on any atom is 0.260 e. The largest absolute Gasteiger partial charge is 0.315 e. The third-order valence-electron chi connectivity index (χ3n) is 3.52. The van der Waals surface area contributed by atoms with E-state index in [1.54, 1.807) is 0 Å². The van der Waals surface area contributed by atoms with Crippen LogP contribution in [0.1, 0.15) is 12.8 Å². The van der Waals surface area contributed by atoms with Gasteiger partial charge in [0.15, 0.2) is 0 Å². The Bertz CT molecular complexity index is 379. The Morgan fingerprint density at radius 3 is 2.56 bits per heavy atom. The molecule has 1 saturated heterocycles. The smallest absolute Gasteiger partial charge is 0.260 e. The van der Waals surface area contributed by atoms with Crippen molar-refractivity contribution in [1.82, 2.24) is 10.0 Å². The molecule has 2 N–H and O–H groups in total. The van der Waals surface area contributed by atoms with Crippen molar-refractivity contribution in [2.45, 2.75) is 18.8 Å². The van der Waals surface area contributed by atoms with Gasteiger partial charge >= 0.3 is 0 Å². The highest BCUT2D eigenvalue weighted by atomic mass is 32.2. The molecule has 16 heavy (non-hydrogen) atoms. The molecule has 0 radical (unpaired) electrons. The van der Waals surface area contributed by atoms with Crippen LogP contribution in [0.3, 0.4) is 0 Å². The normalized spacial score (nSPS) is 31.6. The summed E-state index contributed by atoms with van der Waals surface area (Å²) in [7, 11) is -3.40. The van der Waals surface area contributed by atoms with Gasteiger partial charge in [-0.1, -0.05) is 0 Å². The molecule has 1 spiro atoms. The molecule has 1 heterocycles. The van der Waals surface area contributed by atoms with E-state index in [4.69, 9.17) is 0 Å². The first-order chi connectivity index (χ1) is 7.27. The van der Waals surface area contributed by atoms with Crippen LogP contribution >= 0.6 is 0 Å². The number of hydrogen-bond acceptors (Lipinski definition) is 3. The second-order valence-electron chi connectivity index (χ2n) is 4.85. The van der Waals surface area contributed by atoms with Gasteiger partial charge in [-0.2, -0.15) is 0 Å². The van der Waals surface area contributed by atoms with Crippen molar-refractivity contribution in [3.05, 3.63) is 0 Å². The molecule has 7 heteroatoms. The van der Waals surface area contributed by atoms with Gasteiger partial charge in [-0.05, 0) is 12.8 Å². The van der Waals surface area contributed by atoms with Crippen molar-refractivity contribution in [1.29, 1.82) is 0 Å². The summed E-state index contributed by atoms with van der Waals surface area (Å²) in [5, 5.41) is 2.96. The van der Waals surface area contributed by atoms with Crippen molar-refractivity contribution >= 4 is 10.0 Å². The second kappa shape index (κ2) is 3.61. The van der Waals surface area contributed by atoms with E-state index >= 15 is 0 Å². The second-order valence-corrected chi connectivity index (χ2v) is 6.68. The van der Waals surface area contributed by atoms with E-state index in [0.717, 1.165) is 6.26 Å². The van der Waals surface area contributed by atoms with Crippen LogP contribution in [0, 0.1) is 11.3 Å². The van der Waals surface area contributed by atoms with Crippen molar-refractivity contribution < 1.29 is 17.2 Å². The highest BCUT2D eigenvalue weighted by Gasteiger charge is 2.66. The van der Waals surface area contributed by atoms with E-state index in [0.29, 0.717) is 19.4 Å². The maximum atomic E-state index is 14.0. The lowest BCUT2D eigenvalue weighted by Crippen LogP contribution is -2.56. The fraction of sp³-hybridized carbons (Fsp3) is 1.00. The molecule has 2 aliphatic rings. The summed E-state index contributed by atoms with van der Waals surface area (Å²) in [6.07, 6.45) is 2.04. The third kappa shape index (κ3) is 2.08. The molecule has 1 saturated carbocycles. The van der Waals surface area contributed by atoms with Crippen LogP contribution < -0.4 is 10.0 Å². The van der Waals surface area contributed by atoms with E-state index in [9.17, 15) is 17.2 Å². The highest BCUT2D eigenvalue weighted by Crippen LogP contribution is 2.60. The lowest BCUT2D eigenvalue weighted by Gasteiger charge is -2.39. The molecule has 1 unspecified atom stereocenters. The number of rotatable bonds is 3. The highest BCUT2D eigenvalue weighted by molar-refractivity contribution is 7.88. The SMILES string of the molecule is CS(=O)(=O)NCC1CNCC2(CC2)C1(F)F. The van der Waals surface area contributed by atoms with Gasteiger partial charge in [0.1, 0.15) is 0 Å². The number of halogens is 2. The third-order valence-corrected chi connectivity index (χ3v) is 4.21. The predicted molar refractivity (Wildman–Crippen MR) is 55.8 cm³/mol. The van der Waals surface area contributed by atoms with Gasteiger partial charge in [0.25, 0.3) is 5.92 Å². The number of alkyl halides is 2. The Morgan fingerprint density at radius 1 is 1.44 bits per heavy atom. The van der Waals surface area contributed by atoms with Crippen LogP contribution in [0.4, 0.5) is 8.78 Å². The van der Waals surface area contributed by atoms with E-state index in [2.05, 4.69) is 10.0 Å². The van der Waals surface area contributed by atoms with Gasteiger partial charge in [-0.15, -0.1) is 0 Å². The average molecular weight is 254 g/mol. The first-order valence-corrected chi connectivity index (χ1v) is 7.19. The summed E-state index contributed by atoms with van der Waals surface area (Å²) in [5.41, 5.74) is -0.908. The summed E-state index contributed by atoms with van der Waals surface area (Å²) in [6, 6.07) is 0. The summed E-state index contributed by atoms with van der Waals surface area (Å²) in [4.78, 5) is 0. The first-order valence-electron chi connectivity index (χ1n) is 5.30. The van der Waals surface area contributed by atoms with E-state index in [-0.39, 0.29) is 13.1 Å². The van der Waals surface area contributed by atoms with E-state index < -0.39 is 27.3 Å². The van der Waals surface area contributed by atoms with Gasteiger partial charge in [0.2, 0.25) is 10.0 Å². The lowest BCUT2D eigenvalue weighted by molar-refractivity contribution is -0.134. The molecule has 94 valence electrons. The molecule has 1 aliphatic heterocycles. The molecular weight excluding hydrogens is 238 g/mol. The molecular formula is C9H16F2N2O2S. The summed E-state index contributed by atoms with van der Waals surface area (Å²) >= 11 is 0. The number of nitrogens with one attached hydrogen (secondary N) is 2. The van der Waals surface area contributed by atoms with Crippen LogP contribution in [-0.4, -0.2) is 40.2 Å². The maximum absolute atomic E-state index is 14.0. The van der Waals surface area contributed by atoms with Crippen LogP contribution in [0.5, 0.6) is 0 Å². The van der Waals surface area contributed by atoms with Gasteiger partial charge in [0, 0.05) is 31.0 Å². The fourth-order valence-corrected chi connectivity index (χ4v) is 2.78. The van der Waals surface area contributed by atoms with Gasteiger partial charge in [-0.25, -0.2) is 21.9 Å². The van der Waals surface area contributed by atoms with Gasteiger partial charge < -0.3 is 5.32 Å². The molecule has 2 rings (SSSR count). The van der Waals surface area contributed by atoms with Crippen LogP contribution in [-0.2, 0) is 10.0 Å². The lowest BCUT2D eigenvalue weighted by atomic mass is 9.83. The van der Waals surface area contributed by atoms with Crippen molar-refractivity contribution in [3.63, 3.8) is 0 Å². The number of piperidine rings is 1. The molecule has 0 bridgehead atoms. The Kier molecular flexibility index (Phi) is 2.75. The van der Waals surface area contributed by atoms with Crippen molar-refractivity contribution in [2.75, 3.05) is 25.9 Å². The summed E-state index contributed by atoms with van der Waals surface area (Å²) in [6.45, 7) is 0.313. The Hall–Kier alpha value is -0.270. The topological polar surface area (TPSA) is 58.2 Å². The first kappa shape index (κ1) is 12.2. The fourth-order valence-electron chi connectivity index (χ4n) is 2.28. The summed E-state index contributed by atoms with van der Waals surface area (Å²) in [5.74, 6) is -3.71. The van der Waals surface area contributed by atoms with E-state index in [1.165, 1.54) is 0 Å².